The zero-order chi connectivity index (χ0) is 48.7. The standard InChI is InChI=1S/C59H72N2O9/c1-5-33-67-59-54(61(55(64)30-22-40-15-9-10-16-40)38-41-21-28-52-53(34-41)66-39-65-52)37-50(60-70-58(2,3)4)48-35-44(19-11-13-31-62)47(20-12-14-32-63)56(57(48)59)49-36-46(27-29-51(49)69-59)68-45-25-23-43(24-26-45)42-17-7-6-8-18-42/h5-8,17-18,21,23-29,34-36,40,44,47,54,56-57,62-63H,1,9-16,19-20,22,30-33,37-39H2,2-4H3/t44-,47+,54-,56+,57+,59+/m0/s1. The third-order valence-corrected chi connectivity index (χ3v) is 15.0. The maximum atomic E-state index is 15.4. The van der Waals surface area contributed by atoms with E-state index in [-0.39, 0.29) is 56.8 Å². The van der Waals surface area contributed by atoms with Gasteiger partial charge in [0.05, 0.1) is 18.2 Å². The highest BCUT2D eigenvalue weighted by atomic mass is 16.7. The Morgan fingerprint density at radius 1 is 0.843 bits per heavy atom. The summed E-state index contributed by atoms with van der Waals surface area (Å²) in [4.78, 5) is 23.8. The van der Waals surface area contributed by atoms with Crippen LogP contribution >= 0.6 is 0 Å². The summed E-state index contributed by atoms with van der Waals surface area (Å²) < 4.78 is 33.2. The van der Waals surface area contributed by atoms with E-state index in [1.165, 1.54) is 12.8 Å². The highest BCUT2D eigenvalue weighted by Gasteiger charge is 2.65. The monoisotopic (exact) mass is 953 g/mol. The number of allylic oxidation sites excluding steroid dienone is 1. The number of carbonyl (C=O) groups is 1. The molecule has 2 aliphatic heterocycles. The van der Waals surface area contributed by atoms with Crippen molar-refractivity contribution in [3.8, 4) is 39.9 Å². The predicted molar refractivity (Wildman–Crippen MR) is 272 cm³/mol. The summed E-state index contributed by atoms with van der Waals surface area (Å²) in [6.45, 7) is 11.0. The average molecular weight is 953 g/mol. The topological polar surface area (TPSA) is 129 Å². The van der Waals surface area contributed by atoms with Crippen LogP contribution in [0.15, 0.2) is 120 Å². The molecule has 5 aliphatic rings. The lowest BCUT2D eigenvalue weighted by molar-refractivity contribution is -0.258. The quantitative estimate of drug-likeness (QED) is 0.0476. The molecule has 2 heterocycles. The molecule has 0 spiro atoms. The molecule has 70 heavy (non-hydrogen) atoms. The number of aliphatic hydroxyl groups excluding tert-OH is 2. The molecule has 4 aromatic rings. The van der Waals surface area contributed by atoms with Crippen LogP contribution in [0.5, 0.6) is 28.7 Å². The number of aliphatic hydroxyl groups is 2. The van der Waals surface area contributed by atoms with E-state index < -0.39 is 23.3 Å². The Labute approximate surface area is 414 Å². The predicted octanol–water partition coefficient (Wildman–Crippen LogP) is 12.3. The number of oxime groups is 1. The van der Waals surface area contributed by atoms with Crippen LogP contribution in [0.2, 0.25) is 0 Å². The first-order chi connectivity index (χ1) is 34.1. The maximum absolute atomic E-state index is 15.4. The molecule has 11 nitrogen and oxygen atoms in total. The van der Waals surface area contributed by atoms with Crippen molar-refractivity contribution in [2.24, 2.45) is 28.8 Å². The van der Waals surface area contributed by atoms with Crippen LogP contribution in [-0.2, 0) is 20.9 Å². The van der Waals surface area contributed by atoms with Crippen molar-refractivity contribution in [1.82, 2.24) is 4.90 Å². The van der Waals surface area contributed by atoms with Gasteiger partial charge >= 0.3 is 0 Å². The van der Waals surface area contributed by atoms with E-state index >= 15 is 4.79 Å². The molecule has 0 saturated heterocycles. The zero-order valence-corrected chi connectivity index (χ0v) is 41.4. The van der Waals surface area contributed by atoms with Crippen molar-refractivity contribution in [2.45, 2.75) is 134 Å². The summed E-state index contributed by atoms with van der Waals surface area (Å²) in [5.41, 5.74) is 5.32. The van der Waals surface area contributed by atoms with Crippen molar-refractivity contribution in [3.63, 3.8) is 0 Å². The van der Waals surface area contributed by atoms with Gasteiger partial charge in [-0.1, -0.05) is 104 Å². The summed E-state index contributed by atoms with van der Waals surface area (Å²) in [7, 11) is 0. The van der Waals surface area contributed by atoms with Crippen molar-refractivity contribution in [2.75, 3.05) is 26.6 Å². The van der Waals surface area contributed by atoms with Crippen LogP contribution in [-0.4, -0.2) is 70.8 Å². The first-order valence-corrected chi connectivity index (χ1v) is 25.9. The summed E-state index contributed by atoms with van der Waals surface area (Å²) >= 11 is 0. The number of amides is 1. The molecule has 2 fully saturated rings. The van der Waals surface area contributed by atoms with Gasteiger partial charge in [-0.3, -0.25) is 4.79 Å². The molecule has 372 valence electrons. The Morgan fingerprint density at radius 2 is 1.56 bits per heavy atom. The third-order valence-electron chi connectivity index (χ3n) is 15.0. The third kappa shape index (κ3) is 11.0. The van der Waals surface area contributed by atoms with E-state index in [9.17, 15) is 10.2 Å². The summed E-state index contributed by atoms with van der Waals surface area (Å²) in [5.74, 6) is 2.08. The number of hydrogen-bond donors (Lipinski definition) is 2. The fourth-order valence-electron chi connectivity index (χ4n) is 11.8. The summed E-state index contributed by atoms with van der Waals surface area (Å²) in [6, 6.07) is 29.8. The molecule has 0 unspecified atom stereocenters. The van der Waals surface area contributed by atoms with Gasteiger partial charge in [0.25, 0.3) is 0 Å². The van der Waals surface area contributed by atoms with Gasteiger partial charge in [-0.2, -0.15) is 0 Å². The number of benzene rings is 4. The lowest BCUT2D eigenvalue weighted by Gasteiger charge is -2.60. The Balaban J connectivity index is 1.20. The fraction of sp³-hybridized carbons (Fsp3) is 0.492. The minimum absolute atomic E-state index is 0.0322. The van der Waals surface area contributed by atoms with E-state index in [1.807, 2.05) is 86.3 Å². The van der Waals surface area contributed by atoms with E-state index in [2.05, 4.69) is 43.0 Å². The van der Waals surface area contributed by atoms with Gasteiger partial charge in [0, 0.05) is 44.1 Å². The molecule has 9 rings (SSSR count). The van der Waals surface area contributed by atoms with Gasteiger partial charge in [-0.15, -0.1) is 6.58 Å². The average Bonchev–Trinajstić information content (AvgIpc) is 4.08. The van der Waals surface area contributed by atoms with Gasteiger partial charge in [0.15, 0.2) is 11.5 Å². The van der Waals surface area contributed by atoms with E-state index in [4.69, 9.17) is 33.7 Å². The number of rotatable bonds is 21. The second-order valence-corrected chi connectivity index (χ2v) is 20.9. The van der Waals surface area contributed by atoms with Gasteiger partial charge < -0.3 is 43.6 Å². The molecule has 1 amide bonds. The summed E-state index contributed by atoms with van der Waals surface area (Å²) in [5, 5.41) is 25.2. The van der Waals surface area contributed by atoms with Crippen molar-refractivity contribution < 1.29 is 43.5 Å². The van der Waals surface area contributed by atoms with E-state index in [0.717, 1.165) is 78.5 Å². The Hall–Kier alpha value is -5.62. The number of fused-ring (bicyclic) bond motifs is 3. The molecular formula is C59H72N2O9. The van der Waals surface area contributed by atoms with Crippen LogP contribution < -0.4 is 18.9 Å². The van der Waals surface area contributed by atoms with Crippen LogP contribution in [0.25, 0.3) is 11.1 Å². The normalized spacial score (nSPS) is 24.0. The molecule has 2 N–H and O–H groups in total. The van der Waals surface area contributed by atoms with Gasteiger partial charge in [-0.25, -0.2) is 0 Å². The lowest BCUT2D eigenvalue weighted by Crippen LogP contribution is -2.70. The van der Waals surface area contributed by atoms with Crippen molar-refractivity contribution in [1.29, 1.82) is 0 Å². The number of nitrogens with zero attached hydrogens (tertiary/aromatic N) is 2. The molecular weight excluding hydrogens is 881 g/mol. The van der Waals surface area contributed by atoms with Crippen LogP contribution in [0.1, 0.15) is 121 Å². The molecule has 2 saturated carbocycles. The second-order valence-electron chi connectivity index (χ2n) is 20.9. The van der Waals surface area contributed by atoms with E-state index in [0.29, 0.717) is 60.3 Å². The minimum atomic E-state index is -1.39. The number of hydrogen-bond acceptors (Lipinski definition) is 10. The maximum Gasteiger partial charge on any atom is 0.239 e. The largest absolute Gasteiger partial charge is 0.459 e. The van der Waals surface area contributed by atoms with Crippen LogP contribution in [0, 0.1) is 23.7 Å². The first kappa shape index (κ1) is 49.4. The Bertz CT molecular complexity index is 2470. The smallest absolute Gasteiger partial charge is 0.239 e. The fourth-order valence-corrected chi connectivity index (χ4v) is 11.8. The molecule has 0 radical (unpaired) electrons. The molecule has 0 bridgehead atoms. The van der Waals surface area contributed by atoms with Crippen molar-refractivity contribution in [3.05, 3.63) is 126 Å². The van der Waals surface area contributed by atoms with Crippen LogP contribution in [0.3, 0.4) is 0 Å². The molecule has 6 atom stereocenters. The SMILES string of the molecule is C=CCO[C@@]12Oc3ccc(Oc4ccc(-c5ccccc5)cc4)cc3[C@H]3[C@H](CCCCO)[C@@H](CCCCO)C=C(C(=NOC(C)(C)C)C[C@@H]1N(Cc1ccc4c(c1)OCO4)C(=O)CCC1CCCC1)[C@H]32. The number of unbranched alkanes of at least 4 members (excludes halogenated alkanes) is 2. The number of ether oxygens (including phenoxy) is 5. The number of carbonyl (C=O) groups excluding carboxylic acids is 1. The van der Waals surface area contributed by atoms with Gasteiger partial charge in [0.1, 0.15) is 28.9 Å². The molecule has 3 aliphatic carbocycles. The minimum Gasteiger partial charge on any atom is -0.459 e. The summed E-state index contributed by atoms with van der Waals surface area (Å²) in [6.07, 6.45) is 15.1. The van der Waals surface area contributed by atoms with E-state index in [1.54, 1.807) is 6.08 Å². The van der Waals surface area contributed by atoms with Gasteiger partial charge in [-0.05, 0) is 135 Å². The molecule has 0 aromatic heterocycles. The zero-order valence-electron chi connectivity index (χ0n) is 41.4. The van der Waals surface area contributed by atoms with Gasteiger partial charge in [0.2, 0.25) is 18.5 Å². The molecule has 4 aromatic carbocycles. The van der Waals surface area contributed by atoms with Crippen molar-refractivity contribution >= 4 is 11.6 Å². The highest BCUT2D eigenvalue weighted by Crippen LogP contribution is 2.62. The lowest BCUT2D eigenvalue weighted by atomic mass is 9.55. The Kier molecular flexibility index (Phi) is 15.7. The van der Waals surface area contributed by atoms with Crippen LogP contribution in [0.4, 0.5) is 0 Å². The molecule has 11 heteroatoms. The Morgan fingerprint density at radius 3 is 2.30 bits per heavy atom. The highest BCUT2D eigenvalue weighted by molar-refractivity contribution is 6.03. The second kappa shape index (κ2) is 22.2. The first-order valence-electron chi connectivity index (χ1n) is 25.9.